The predicted octanol–water partition coefficient (Wildman–Crippen LogP) is 0.0305. The van der Waals surface area contributed by atoms with Crippen LogP contribution in [0.1, 0.15) is 6.92 Å². The zero-order valence-corrected chi connectivity index (χ0v) is 8.26. The van der Waals surface area contributed by atoms with E-state index in [2.05, 4.69) is 10.3 Å². The van der Waals surface area contributed by atoms with E-state index >= 15 is 0 Å². The molecule has 3 atom stereocenters. The van der Waals surface area contributed by atoms with Crippen molar-refractivity contribution in [2.45, 2.75) is 24.4 Å². The molecule has 1 aliphatic rings. The topological polar surface area (TPSA) is 53.9 Å². The number of aliphatic imine (C=N–C) groups is 1. The summed E-state index contributed by atoms with van der Waals surface area (Å²) in [7, 11) is 3.41. The first-order chi connectivity index (χ1) is 5.69. The van der Waals surface area contributed by atoms with Crippen LogP contribution >= 0.6 is 11.8 Å². The molecule has 0 aromatic heterocycles. The van der Waals surface area contributed by atoms with Crippen molar-refractivity contribution in [2.24, 2.45) is 4.99 Å². The van der Waals surface area contributed by atoms with Crippen molar-refractivity contribution in [3.05, 3.63) is 0 Å². The molecule has 0 amide bonds. The van der Waals surface area contributed by atoms with Crippen LogP contribution in [0.5, 0.6) is 0 Å². The van der Waals surface area contributed by atoms with Gasteiger partial charge in [0.25, 0.3) is 0 Å². The van der Waals surface area contributed by atoms with Crippen LogP contribution in [-0.2, 0) is 4.74 Å². The number of nitrogens with one attached hydrogen (secondary N) is 1. The zero-order valence-electron chi connectivity index (χ0n) is 7.44. The fraction of sp³-hybridized carbons (Fsp3) is 0.857. The monoisotopic (exact) mass is 190 g/mol. The molecule has 2 unspecified atom stereocenters. The van der Waals surface area contributed by atoms with Crippen LogP contribution in [0.25, 0.3) is 0 Å². The zero-order chi connectivity index (χ0) is 9.14. The number of aliphatic hydroxyl groups is 1. The number of thioether (sulfide) groups is 1. The van der Waals surface area contributed by atoms with E-state index in [1.54, 1.807) is 14.0 Å². The Bertz CT molecular complexity index is 184. The molecule has 0 bridgehead atoms. The number of nitrogens with zero attached hydrogens (tertiary/aromatic N) is 1. The molecule has 0 saturated carbocycles. The van der Waals surface area contributed by atoms with Crippen LogP contribution in [-0.4, -0.2) is 42.0 Å². The summed E-state index contributed by atoms with van der Waals surface area (Å²) >= 11 is 1.47. The van der Waals surface area contributed by atoms with Crippen LogP contribution in [0.3, 0.4) is 0 Å². The summed E-state index contributed by atoms with van der Waals surface area (Å²) in [6.07, 6.45) is -0.422. The van der Waals surface area contributed by atoms with Crippen molar-refractivity contribution in [2.75, 3.05) is 14.2 Å². The average Bonchev–Trinajstić information content (AvgIpc) is 2.47. The Morgan fingerprint density at radius 3 is 2.75 bits per heavy atom. The van der Waals surface area contributed by atoms with Crippen molar-refractivity contribution in [1.29, 1.82) is 0 Å². The summed E-state index contributed by atoms with van der Waals surface area (Å²) in [4.78, 5) is 4.21. The highest BCUT2D eigenvalue weighted by Crippen LogP contribution is 2.28. The van der Waals surface area contributed by atoms with Crippen molar-refractivity contribution in [1.82, 2.24) is 5.32 Å². The third kappa shape index (κ3) is 1.91. The summed E-state index contributed by atoms with van der Waals surface area (Å²) in [6.45, 7) is 1.76. The van der Waals surface area contributed by atoms with E-state index in [9.17, 15) is 5.11 Å². The molecular weight excluding hydrogens is 176 g/mol. The van der Waals surface area contributed by atoms with Crippen LogP contribution in [0.2, 0.25) is 0 Å². The highest BCUT2D eigenvalue weighted by molar-refractivity contribution is 8.14. The lowest BCUT2D eigenvalue weighted by molar-refractivity contribution is 0.179. The Morgan fingerprint density at radius 1 is 1.75 bits per heavy atom. The molecule has 0 saturated heterocycles. The maximum Gasteiger partial charge on any atom is 0.247 e. The van der Waals surface area contributed by atoms with Gasteiger partial charge in [-0.25, -0.2) is 4.99 Å². The van der Waals surface area contributed by atoms with Crippen molar-refractivity contribution in [3.63, 3.8) is 0 Å². The second-order valence-electron chi connectivity index (χ2n) is 2.66. The molecule has 0 aliphatic carbocycles. The molecule has 12 heavy (non-hydrogen) atoms. The van der Waals surface area contributed by atoms with Gasteiger partial charge in [-0.1, -0.05) is 11.8 Å². The van der Waals surface area contributed by atoms with E-state index in [-0.39, 0.29) is 17.5 Å². The second kappa shape index (κ2) is 4.11. The smallest absolute Gasteiger partial charge is 0.247 e. The quantitative estimate of drug-likeness (QED) is 0.645. The molecule has 1 heterocycles. The van der Waals surface area contributed by atoms with Gasteiger partial charge >= 0.3 is 0 Å². The van der Waals surface area contributed by atoms with Gasteiger partial charge in [-0.2, -0.15) is 0 Å². The molecule has 1 rings (SSSR count). The maximum atomic E-state index is 9.38. The maximum absolute atomic E-state index is 9.38. The van der Waals surface area contributed by atoms with Gasteiger partial charge in [0.05, 0.1) is 18.5 Å². The number of hydrogen-bond acceptors (Lipinski definition) is 5. The van der Waals surface area contributed by atoms with Crippen molar-refractivity contribution in [3.8, 4) is 0 Å². The second-order valence-corrected chi connectivity index (χ2v) is 3.78. The first-order valence-corrected chi connectivity index (χ1v) is 4.70. The highest BCUT2D eigenvalue weighted by atomic mass is 32.2. The van der Waals surface area contributed by atoms with E-state index in [4.69, 9.17) is 4.74 Å². The van der Waals surface area contributed by atoms with Gasteiger partial charge in [0, 0.05) is 0 Å². The van der Waals surface area contributed by atoms with Crippen molar-refractivity contribution < 1.29 is 9.84 Å². The SMILES string of the molecule is CNC1N=C(OC)SC1[C@H](C)O. The minimum Gasteiger partial charge on any atom is -0.476 e. The summed E-state index contributed by atoms with van der Waals surface area (Å²) in [5.74, 6) is 0. The van der Waals surface area contributed by atoms with Gasteiger partial charge in [-0.3, -0.25) is 5.32 Å². The molecule has 70 valence electrons. The van der Waals surface area contributed by atoms with Crippen LogP contribution < -0.4 is 5.32 Å². The Kier molecular flexibility index (Phi) is 3.37. The average molecular weight is 190 g/mol. The van der Waals surface area contributed by atoms with Gasteiger partial charge in [-0.15, -0.1) is 0 Å². The molecule has 1 aliphatic heterocycles. The van der Waals surface area contributed by atoms with E-state index in [1.165, 1.54) is 11.8 Å². The van der Waals surface area contributed by atoms with Gasteiger partial charge in [-0.05, 0) is 14.0 Å². The van der Waals surface area contributed by atoms with E-state index in [1.807, 2.05) is 7.05 Å². The normalized spacial score (nSPS) is 31.5. The van der Waals surface area contributed by atoms with Gasteiger partial charge in [0.1, 0.15) is 6.17 Å². The van der Waals surface area contributed by atoms with Crippen molar-refractivity contribution >= 4 is 17.0 Å². The Hall–Kier alpha value is -0.260. The van der Waals surface area contributed by atoms with E-state index < -0.39 is 0 Å². The summed E-state index contributed by atoms with van der Waals surface area (Å²) < 4.78 is 4.99. The third-order valence-electron chi connectivity index (χ3n) is 1.74. The number of aliphatic hydroxyl groups excluding tert-OH is 1. The Morgan fingerprint density at radius 2 is 2.42 bits per heavy atom. The molecule has 0 aromatic rings. The predicted molar refractivity (Wildman–Crippen MR) is 50.4 cm³/mol. The largest absolute Gasteiger partial charge is 0.476 e. The van der Waals surface area contributed by atoms with Gasteiger partial charge in [0.15, 0.2) is 0 Å². The summed E-state index contributed by atoms with van der Waals surface area (Å²) in [6, 6.07) is 0. The molecule has 2 N–H and O–H groups in total. The van der Waals surface area contributed by atoms with Crippen LogP contribution in [0.4, 0.5) is 0 Å². The first kappa shape index (κ1) is 9.83. The Labute approximate surface area is 76.4 Å². The highest BCUT2D eigenvalue weighted by Gasteiger charge is 2.33. The molecule has 0 radical (unpaired) electrons. The number of rotatable bonds is 2. The van der Waals surface area contributed by atoms with Gasteiger partial charge in [0.2, 0.25) is 5.23 Å². The lowest BCUT2D eigenvalue weighted by Gasteiger charge is -2.17. The molecular formula is C7H14N2O2S. The number of ether oxygens (including phenoxy) is 1. The lowest BCUT2D eigenvalue weighted by Crippen LogP contribution is -2.37. The molecule has 0 spiro atoms. The third-order valence-corrected chi connectivity index (χ3v) is 3.14. The first-order valence-electron chi connectivity index (χ1n) is 3.82. The lowest BCUT2D eigenvalue weighted by atomic mass is 10.2. The molecule has 4 nitrogen and oxygen atoms in total. The van der Waals surface area contributed by atoms with Crippen LogP contribution in [0, 0.1) is 0 Å². The summed E-state index contributed by atoms with van der Waals surface area (Å²) in [5.41, 5.74) is 0. The fourth-order valence-electron chi connectivity index (χ4n) is 1.09. The fourth-order valence-corrected chi connectivity index (χ4v) is 2.12. The number of methoxy groups -OCH3 is 1. The molecule has 0 aromatic carbocycles. The van der Waals surface area contributed by atoms with E-state index in [0.717, 1.165) is 0 Å². The van der Waals surface area contributed by atoms with Crippen LogP contribution in [0.15, 0.2) is 4.99 Å². The van der Waals surface area contributed by atoms with E-state index in [0.29, 0.717) is 5.23 Å². The van der Waals surface area contributed by atoms with Gasteiger partial charge < -0.3 is 9.84 Å². The molecule has 5 heteroatoms. The minimum absolute atomic E-state index is 0.0371. The Balaban J connectivity index is 2.60. The summed E-state index contributed by atoms with van der Waals surface area (Å²) in [5, 5.41) is 13.1. The standard InChI is InChI=1S/C7H14N2O2S/c1-4(10)5-6(8-2)9-7(11-3)12-5/h4-6,8,10H,1-3H3/t4-,5?,6?/m0/s1. The molecule has 0 fully saturated rings. The minimum atomic E-state index is -0.385. The number of hydrogen-bond donors (Lipinski definition) is 2.